The number of nitrogens with zero attached hydrogens (tertiary/aromatic N) is 2. The molecule has 2 aliphatic heterocycles. The topological polar surface area (TPSA) is 81.5 Å². The maximum absolute atomic E-state index is 13.9. The summed E-state index contributed by atoms with van der Waals surface area (Å²) < 4.78 is 36.2. The molecule has 0 saturated carbocycles. The molecule has 0 radical (unpaired) electrons. The van der Waals surface area contributed by atoms with E-state index < -0.39 is 11.7 Å². The smallest absolute Gasteiger partial charge is 0.254 e. The van der Waals surface area contributed by atoms with Crippen molar-refractivity contribution in [1.29, 1.82) is 0 Å². The zero-order valence-corrected chi connectivity index (χ0v) is 20.7. The molecule has 1 atom stereocenters. The van der Waals surface area contributed by atoms with Crippen molar-refractivity contribution < 1.29 is 32.6 Å². The average molecular weight is 509 g/mol. The monoisotopic (exact) mass is 508 g/mol. The predicted octanol–water partition coefficient (Wildman–Crippen LogP) is 4.31. The fraction of sp³-hybridized carbons (Fsp3) is 0.357. The maximum Gasteiger partial charge on any atom is 0.254 e. The van der Waals surface area contributed by atoms with Crippen molar-refractivity contribution in [2.45, 2.75) is 39.0 Å². The maximum atomic E-state index is 13.9. The first kappa shape index (κ1) is 24.8. The number of hydrogen-bond acceptors (Lipinski definition) is 6. The summed E-state index contributed by atoms with van der Waals surface area (Å²) in [5.74, 6) is 1.47. The van der Waals surface area contributed by atoms with Gasteiger partial charge in [-0.1, -0.05) is 12.1 Å². The molecule has 1 aromatic heterocycles. The van der Waals surface area contributed by atoms with E-state index in [1.807, 2.05) is 37.3 Å². The summed E-state index contributed by atoms with van der Waals surface area (Å²) in [5.41, 5.74) is 1.04. The summed E-state index contributed by atoms with van der Waals surface area (Å²) in [7, 11) is 0. The summed E-state index contributed by atoms with van der Waals surface area (Å²) in [6.45, 7) is 3.19. The molecule has 1 unspecified atom stereocenters. The van der Waals surface area contributed by atoms with Gasteiger partial charge < -0.3 is 28.4 Å². The van der Waals surface area contributed by atoms with Gasteiger partial charge >= 0.3 is 0 Å². The second-order valence-corrected chi connectivity index (χ2v) is 9.28. The van der Waals surface area contributed by atoms with E-state index in [9.17, 15) is 14.0 Å². The van der Waals surface area contributed by atoms with Crippen LogP contribution in [0.15, 0.2) is 59.0 Å². The number of aryl methyl sites for hydroxylation is 1. The van der Waals surface area contributed by atoms with E-state index in [2.05, 4.69) is 0 Å². The van der Waals surface area contributed by atoms with Gasteiger partial charge in [0.15, 0.2) is 11.5 Å². The highest BCUT2D eigenvalue weighted by Gasteiger charge is 2.28. The lowest BCUT2D eigenvalue weighted by atomic mass is 10.1. The van der Waals surface area contributed by atoms with Gasteiger partial charge in [0.1, 0.15) is 23.9 Å². The second kappa shape index (κ2) is 11.0. The number of rotatable bonds is 9. The number of fused-ring (bicyclic) bond motifs is 1. The minimum absolute atomic E-state index is 0.160. The van der Waals surface area contributed by atoms with Crippen molar-refractivity contribution >= 4 is 11.8 Å². The Bertz CT molecular complexity index is 1270. The molecule has 8 nitrogen and oxygen atoms in total. The lowest BCUT2D eigenvalue weighted by molar-refractivity contribution is -0.133. The minimum atomic E-state index is -0.508. The number of amides is 2. The number of furan rings is 1. The molecule has 5 rings (SSSR count). The van der Waals surface area contributed by atoms with Gasteiger partial charge in [-0.15, -0.1) is 0 Å². The summed E-state index contributed by atoms with van der Waals surface area (Å²) in [6, 6.07) is 14.7. The van der Waals surface area contributed by atoms with E-state index in [4.69, 9.17) is 18.6 Å². The molecule has 9 heteroatoms. The van der Waals surface area contributed by atoms with Crippen LogP contribution >= 0.6 is 0 Å². The van der Waals surface area contributed by atoms with Crippen LogP contribution in [-0.2, 0) is 22.6 Å². The van der Waals surface area contributed by atoms with Gasteiger partial charge in [-0.2, -0.15) is 0 Å². The van der Waals surface area contributed by atoms with Gasteiger partial charge in [0, 0.05) is 25.3 Å². The highest BCUT2D eigenvalue weighted by atomic mass is 19.1. The van der Waals surface area contributed by atoms with Crippen molar-refractivity contribution in [2.24, 2.45) is 0 Å². The first-order valence-electron chi connectivity index (χ1n) is 12.3. The number of carbonyl (C=O) groups excluding carboxylic acids is 2. The van der Waals surface area contributed by atoms with Crippen molar-refractivity contribution in [2.75, 3.05) is 26.5 Å². The van der Waals surface area contributed by atoms with Gasteiger partial charge in [-0.25, -0.2) is 4.39 Å². The van der Waals surface area contributed by atoms with E-state index in [1.165, 1.54) is 23.1 Å². The Morgan fingerprint density at radius 3 is 2.62 bits per heavy atom. The fourth-order valence-corrected chi connectivity index (χ4v) is 4.57. The van der Waals surface area contributed by atoms with Crippen molar-refractivity contribution in [3.8, 4) is 11.5 Å². The van der Waals surface area contributed by atoms with E-state index in [-0.39, 0.29) is 50.5 Å². The third-order valence-corrected chi connectivity index (χ3v) is 6.44. The molecule has 37 heavy (non-hydrogen) atoms. The molecule has 0 aliphatic carbocycles. The Balaban J connectivity index is 1.38. The lowest BCUT2D eigenvalue weighted by Crippen LogP contribution is -2.45. The van der Waals surface area contributed by atoms with E-state index in [0.717, 1.165) is 24.2 Å². The van der Waals surface area contributed by atoms with Gasteiger partial charge in [0.25, 0.3) is 5.91 Å². The lowest BCUT2D eigenvalue weighted by Gasteiger charge is -2.29. The third kappa shape index (κ3) is 6.11. The first-order chi connectivity index (χ1) is 17.9. The van der Waals surface area contributed by atoms with E-state index in [1.54, 1.807) is 11.0 Å². The molecule has 194 valence electrons. The number of benzene rings is 2. The third-order valence-electron chi connectivity index (χ3n) is 6.44. The highest BCUT2D eigenvalue weighted by Crippen LogP contribution is 2.33. The van der Waals surface area contributed by atoms with Crippen LogP contribution in [0.2, 0.25) is 0 Å². The van der Waals surface area contributed by atoms with Crippen LogP contribution in [0.1, 0.15) is 40.3 Å². The fourth-order valence-electron chi connectivity index (χ4n) is 4.57. The molecule has 0 N–H and O–H groups in total. The molecule has 0 spiro atoms. The summed E-state index contributed by atoms with van der Waals surface area (Å²) in [4.78, 5) is 30.2. The Kier molecular flexibility index (Phi) is 7.41. The molecule has 1 fully saturated rings. The standard InChI is InChI=1S/C28H29FN2O6/c1-19-7-9-24(37-19)16-30(14-20-8-10-25-26(12-20)36-18-35-25)27(32)17-31(15-23-6-3-11-34-23)28(33)21-4-2-5-22(29)13-21/h2,4-5,7-10,12-13,23H,3,6,11,14-18H2,1H3. The zero-order valence-electron chi connectivity index (χ0n) is 20.7. The predicted molar refractivity (Wildman–Crippen MR) is 132 cm³/mol. The van der Waals surface area contributed by atoms with Gasteiger partial charge in [0.05, 0.1) is 12.6 Å². The van der Waals surface area contributed by atoms with Gasteiger partial charge in [-0.3, -0.25) is 9.59 Å². The number of hydrogen-bond donors (Lipinski definition) is 0. The van der Waals surface area contributed by atoms with Crippen LogP contribution in [-0.4, -0.2) is 54.2 Å². The Hall–Kier alpha value is -3.85. The molecule has 3 aromatic rings. The molecule has 1 saturated heterocycles. The molecule has 2 amide bonds. The van der Waals surface area contributed by atoms with Gasteiger partial charge in [-0.05, 0) is 67.8 Å². The summed E-state index contributed by atoms with van der Waals surface area (Å²) in [6.07, 6.45) is 1.53. The van der Waals surface area contributed by atoms with E-state index in [0.29, 0.717) is 23.9 Å². The number of carbonyl (C=O) groups is 2. The van der Waals surface area contributed by atoms with Crippen LogP contribution in [0.5, 0.6) is 11.5 Å². The van der Waals surface area contributed by atoms with Crippen molar-refractivity contribution in [3.05, 3.63) is 83.1 Å². The number of halogens is 1. The average Bonchev–Trinajstić information content (AvgIpc) is 3.65. The van der Waals surface area contributed by atoms with Crippen LogP contribution in [0.25, 0.3) is 0 Å². The van der Waals surface area contributed by atoms with E-state index >= 15 is 0 Å². The normalized spacial score (nSPS) is 16.1. The first-order valence-corrected chi connectivity index (χ1v) is 12.3. The Morgan fingerprint density at radius 1 is 1.00 bits per heavy atom. The highest BCUT2D eigenvalue weighted by molar-refractivity contribution is 5.96. The minimum Gasteiger partial charge on any atom is -0.464 e. The number of ether oxygens (including phenoxy) is 3. The molecular formula is C28H29FN2O6. The Morgan fingerprint density at radius 2 is 1.86 bits per heavy atom. The van der Waals surface area contributed by atoms with Crippen LogP contribution in [0, 0.1) is 12.7 Å². The second-order valence-electron chi connectivity index (χ2n) is 9.28. The van der Waals surface area contributed by atoms with Crippen LogP contribution in [0.4, 0.5) is 4.39 Å². The van der Waals surface area contributed by atoms with Crippen molar-refractivity contribution in [3.63, 3.8) is 0 Å². The van der Waals surface area contributed by atoms with Crippen LogP contribution in [0.3, 0.4) is 0 Å². The molecule has 0 bridgehead atoms. The molecular weight excluding hydrogens is 479 g/mol. The van der Waals surface area contributed by atoms with Crippen LogP contribution < -0.4 is 9.47 Å². The van der Waals surface area contributed by atoms with Gasteiger partial charge in [0.2, 0.25) is 12.7 Å². The molecule has 2 aromatic carbocycles. The SMILES string of the molecule is Cc1ccc(CN(Cc2ccc3c(c2)OCO3)C(=O)CN(CC2CCCO2)C(=O)c2cccc(F)c2)o1. The zero-order chi connectivity index (χ0) is 25.8. The van der Waals surface area contributed by atoms with Crippen molar-refractivity contribution in [1.82, 2.24) is 9.80 Å². The largest absolute Gasteiger partial charge is 0.464 e. The summed E-state index contributed by atoms with van der Waals surface area (Å²) in [5, 5.41) is 0. The summed E-state index contributed by atoms with van der Waals surface area (Å²) >= 11 is 0. The molecule has 3 heterocycles. The molecule has 2 aliphatic rings. The quantitative estimate of drug-likeness (QED) is 0.429. The Labute approximate surface area is 214 Å².